The van der Waals surface area contributed by atoms with Gasteiger partial charge in [-0.15, -0.1) is 0 Å². The average Bonchev–Trinajstić information content (AvgIpc) is 3.37. The topological polar surface area (TPSA) is 73.8 Å². The number of hydrogen-bond donors (Lipinski definition) is 2. The lowest BCUT2D eigenvalue weighted by atomic mass is 9.53. The maximum absolute atomic E-state index is 12.6. The number of nitrogens with one attached hydrogen (secondary N) is 2. The number of benzene rings is 1. The van der Waals surface area contributed by atoms with Gasteiger partial charge in [0.15, 0.2) is 5.17 Å². The van der Waals surface area contributed by atoms with Crippen molar-refractivity contribution in [2.75, 3.05) is 23.3 Å². The lowest BCUT2D eigenvalue weighted by molar-refractivity contribution is -0.122. The molecule has 2 saturated heterocycles. The molecular formula is C25H32N4O2S. The molecule has 6 nitrogen and oxygen atoms in total. The van der Waals surface area contributed by atoms with E-state index in [1.54, 1.807) is 0 Å². The number of nitrogens with zero attached hydrogens (tertiary/aromatic N) is 2. The van der Waals surface area contributed by atoms with Crippen LogP contribution < -0.4 is 15.5 Å². The first-order chi connectivity index (χ1) is 15.5. The molecule has 0 spiro atoms. The highest BCUT2D eigenvalue weighted by molar-refractivity contribution is 8.15. The smallest absolute Gasteiger partial charge is 0.240 e. The third-order valence-electron chi connectivity index (χ3n) is 8.11. The highest BCUT2D eigenvalue weighted by Crippen LogP contribution is 2.57. The van der Waals surface area contributed by atoms with Crippen LogP contribution in [0.4, 0.5) is 11.4 Å². The van der Waals surface area contributed by atoms with Crippen LogP contribution in [0.5, 0.6) is 0 Å². The van der Waals surface area contributed by atoms with Gasteiger partial charge in [-0.2, -0.15) is 0 Å². The first-order valence-corrected chi connectivity index (χ1v) is 13.1. The molecule has 170 valence electrons. The van der Waals surface area contributed by atoms with Gasteiger partial charge in [0.05, 0.1) is 5.54 Å². The molecule has 2 heterocycles. The van der Waals surface area contributed by atoms with Crippen molar-refractivity contribution >= 4 is 40.1 Å². The van der Waals surface area contributed by atoms with Gasteiger partial charge < -0.3 is 15.5 Å². The molecule has 32 heavy (non-hydrogen) atoms. The summed E-state index contributed by atoms with van der Waals surface area (Å²) in [5.41, 5.74) is 2.03. The summed E-state index contributed by atoms with van der Waals surface area (Å²) in [6, 6.07) is 8.03. The van der Waals surface area contributed by atoms with Gasteiger partial charge in [0.1, 0.15) is 5.25 Å². The number of amidine groups is 1. The largest absolute Gasteiger partial charge is 0.372 e. The molecule has 1 unspecified atom stereocenters. The highest BCUT2D eigenvalue weighted by atomic mass is 32.2. The van der Waals surface area contributed by atoms with Crippen molar-refractivity contribution in [2.24, 2.45) is 22.7 Å². The molecule has 0 radical (unpaired) electrons. The number of carbonyl (C=O) groups is 2. The first kappa shape index (κ1) is 20.6. The molecule has 4 bridgehead atoms. The van der Waals surface area contributed by atoms with Crippen LogP contribution in [0.3, 0.4) is 0 Å². The number of anilines is 2. The SMILES string of the molecule is O=C(CC1SC(=NC23CC4CC(CC(C4)C2)C3)NC1=O)Nc1ccc(N2CCCC2)cc1. The Labute approximate surface area is 194 Å². The molecule has 1 atom stereocenters. The summed E-state index contributed by atoms with van der Waals surface area (Å²) in [7, 11) is 0. The molecule has 7 heteroatoms. The lowest BCUT2D eigenvalue weighted by Crippen LogP contribution is -2.50. The van der Waals surface area contributed by atoms with Crippen molar-refractivity contribution in [1.82, 2.24) is 5.32 Å². The van der Waals surface area contributed by atoms with Gasteiger partial charge in [0.2, 0.25) is 11.8 Å². The molecule has 6 fully saturated rings. The summed E-state index contributed by atoms with van der Waals surface area (Å²) in [6.07, 6.45) is 10.3. The van der Waals surface area contributed by atoms with Gasteiger partial charge >= 0.3 is 0 Å². The second-order valence-electron chi connectivity index (χ2n) is 10.6. The second kappa shape index (κ2) is 8.08. The van der Waals surface area contributed by atoms with Crippen molar-refractivity contribution < 1.29 is 9.59 Å². The summed E-state index contributed by atoms with van der Waals surface area (Å²) in [6.45, 7) is 2.21. The predicted octanol–water partition coefficient (Wildman–Crippen LogP) is 4.17. The Kier molecular flexibility index (Phi) is 5.20. The van der Waals surface area contributed by atoms with Gasteiger partial charge in [-0.3, -0.25) is 14.6 Å². The van der Waals surface area contributed by atoms with E-state index in [4.69, 9.17) is 4.99 Å². The van der Waals surface area contributed by atoms with Crippen molar-refractivity contribution in [2.45, 2.75) is 68.6 Å². The van der Waals surface area contributed by atoms with Gasteiger partial charge in [-0.25, -0.2) is 0 Å². The maximum atomic E-state index is 12.6. The number of aliphatic imine (C=N–C) groups is 1. The molecular weight excluding hydrogens is 420 g/mol. The van der Waals surface area contributed by atoms with E-state index in [2.05, 4.69) is 27.7 Å². The predicted molar refractivity (Wildman–Crippen MR) is 129 cm³/mol. The fraction of sp³-hybridized carbons (Fsp3) is 0.640. The Morgan fingerprint density at radius 2 is 1.69 bits per heavy atom. The van der Waals surface area contributed by atoms with Crippen LogP contribution in [-0.2, 0) is 9.59 Å². The molecule has 2 N–H and O–H groups in total. The summed E-state index contributed by atoms with van der Waals surface area (Å²) in [4.78, 5) is 32.7. The minimum atomic E-state index is -0.397. The van der Waals surface area contributed by atoms with Gasteiger partial charge in [0.25, 0.3) is 0 Å². The van der Waals surface area contributed by atoms with Gasteiger partial charge in [-0.1, -0.05) is 11.8 Å². The monoisotopic (exact) mass is 452 g/mol. The average molecular weight is 453 g/mol. The van der Waals surface area contributed by atoms with E-state index in [0.717, 1.165) is 41.7 Å². The van der Waals surface area contributed by atoms with Crippen molar-refractivity contribution in [1.29, 1.82) is 0 Å². The number of rotatable bonds is 5. The van der Waals surface area contributed by atoms with E-state index in [9.17, 15) is 9.59 Å². The lowest BCUT2D eigenvalue weighted by Gasteiger charge is -2.55. The Morgan fingerprint density at radius 3 is 2.31 bits per heavy atom. The maximum Gasteiger partial charge on any atom is 0.240 e. The minimum absolute atomic E-state index is 0.0403. The third kappa shape index (κ3) is 4.04. The van der Waals surface area contributed by atoms with Crippen molar-refractivity contribution in [3.8, 4) is 0 Å². The van der Waals surface area contributed by atoms with Crippen LogP contribution >= 0.6 is 11.8 Å². The summed E-state index contributed by atoms with van der Waals surface area (Å²) in [5, 5.41) is 6.28. The van der Waals surface area contributed by atoms with E-state index in [1.807, 2.05) is 12.1 Å². The van der Waals surface area contributed by atoms with Crippen LogP contribution in [0.2, 0.25) is 0 Å². The minimum Gasteiger partial charge on any atom is -0.372 e. The zero-order valence-corrected chi connectivity index (χ0v) is 19.3. The Hall–Kier alpha value is -2.02. The molecule has 6 aliphatic rings. The van der Waals surface area contributed by atoms with Crippen LogP contribution in [0.15, 0.2) is 29.3 Å². The van der Waals surface area contributed by atoms with E-state index in [0.29, 0.717) is 0 Å². The van der Waals surface area contributed by atoms with E-state index < -0.39 is 5.25 Å². The van der Waals surface area contributed by atoms with Gasteiger partial charge in [-0.05, 0) is 93.4 Å². The van der Waals surface area contributed by atoms with E-state index in [-0.39, 0.29) is 23.8 Å². The fourth-order valence-corrected chi connectivity index (χ4v) is 8.20. The molecule has 2 aliphatic heterocycles. The first-order valence-electron chi connectivity index (χ1n) is 12.3. The van der Waals surface area contributed by atoms with E-state index >= 15 is 0 Å². The van der Waals surface area contributed by atoms with Crippen molar-refractivity contribution in [3.05, 3.63) is 24.3 Å². The zero-order chi connectivity index (χ0) is 21.7. The normalized spacial score (nSPS) is 36.7. The quantitative estimate of drug-likeness (QED) is 0.703. The molecule has 4 saturated carbocycles. The zero-order valence-electron chi connectivity index (χ0n) is 18.5. The number of carbonyl (C=O) groups excluding carboxylic acids is 2. The number of hydrogen-bond acceptors (Lipinski definition) is 5. The molecule has 4 aliphatic carbocycles. The summed E-state index contributed by atoms with van der Waals surface area (Å²) in [5.74, 6) is 2.27. The fourth-order valence-electron chi connectivity index (χ4n) is 7.12. The molecule has 1 aromatic carbocycles. The van der Waals surface area contributed by atoms with Crippen LogP contribution in [-0.4, -0.2) is 40.9 Å². The highest BCUT2D eigenvalue weighted by Gasteiger charge is 2.51. The van der Waals surface area contributed by atoms with Crippen LogP contribution in [0.1, 0.15) is 57.8 Å². The summed E-state index contributed by atoms with van der Waals surface area (Å²) >= 11 is 1.45. The Balaban J connectivity index is 1.06. The Bertz CT molecular complexity index is 902. The van der Waals surface area contributed by atoms with Crippen LogP contribution in [0.25, 0.3) is 0 Å². The molecule has 1 aromatic rings. The Morgan fingerprint density at radius 1 is 1.06 bits per heavy atom. The third-order valence-corrected chi connectivity index (χ3v) is 9.20. The van der Waals surface area contributed by atoms with Gasteiger partial charge in [0, 0.05) is 30.9 Å². The summed E-state index contributed by atoms with van der Waals surface area (Å²) < 4.78 is 0. The number of amides is 2. The van der Waals surface area contributed by atoms with E-state index in [1.165, 1.54) is 68.8 Å². The molecule has 0 aromatic heterocycles. The standard InChI is InChI=1S/C25H32N4O2S/c30-22(26-19-3-5-20(6-4-19)29-7-1-2-8-29)12-21-23(31)27-24(32-21)28-25-13-16-9-17(14-25)11-18(10-16)15-25/h3-6,16-18,21H,1-2,7-15H2,(H,26,30)(H,27,28,31). The van der Waals surface area contributed by atoms with Crippen LogP contribution in [0, 0.1) is 17.8 Å². The molecule has 2 amide bonds. The van der Waals surface area contributed by atoms with Crippen molar-refractivity contribution in [3.63, 3.8) is 0 Å². The second-order valence-corrected chi connectivity index (χ2v) is 11.8. The number of thioether (sulfide) groups is 1. The molecule has 7 rings (SSSR count).